The molecule has 9 heteroatoms. The molecule has 1 aliphatic rings. The Balaban J connectivity index is 2.15. The number of ether oxygens (including phenoxy) is 1. The molecule has 0 heterocycles. The predicted molar refractivity (Wildman–Crippen MR) is 69.3 cm³/mol. The highest BCUT2D eigenvalue weighted by Gasteiger charge is 2.44. The van der Waals surface area contributed by atoms with Crippen molar-refractivity contribution in [3.63, 3.8) is 0 Å². The summed E-state index contributed by atoms with van der Waals surface area (Å²) in [6.45, 7) is 0. The van der Waals surface area contributed by atoms with Crippen LogP contribution in [0.2, 0.25) is 0 Å². The van der Waals surface area contributed by atoms with Crippen LogP contribution in [0.15, 0.2) is 12.1 Å². The Bertz CT molecular complexity index is 550. The van der Waals surface area contributed by atoms with Gasteiger partial charge in [0.15, 0.2) is 17.2 Å². The van der Waals surface area contributed by atoms with E-state index in [1.165, 1.54) is 0 Å². The number of rotatable bonds is 2. The van der Waals surface area contributed by atoms with Crippen molar-refractivity contribution in [1.29, 1.82) is 0 Å². The first-order valence-corrected chi connectivity index (χ1v) is 6.40. The zero-order valence-electron chi connectivity index (χ0n) is 11.2. The number of benzene rings is 1. The van der Waals surface area contributed by atoms with Crippen LogP contribution in [0, 0.1) is 0 Å². The lowest BCUT2D eigenvalue weighted by Crippen LogP contribution is -2.56. The smallest absolute Gasteiger partial charge is 0.338 e. The number of phenolic OH excluding ortho intramolecular Hbond substituents is 3. The Morgan fingerprint density at radius 1 is 0.955 bits per heavy atom. The fourth-order valence-electron chi connectivity index (χ4n) is 2.21. The molecule has 0 aliphatic heterocycles. The summed E-state index contributed by atoms with van der Waals surface area (Å²) in [6, 6.07) is 1.68. The van der Waals surface area contributed by atoms with Gasteiger partial charge in [-0.15, -0.1) is 0 Å². The fourth-order valence-corrected chi connectivity index (χ4v) is 2.21. The third-order valence-electron chi connectivity index (χ3n) is 3.51. The molecule has 5 atom stereocenters. The molecule has 0 amide bonds. The van der Waals surface area contributed by atoms with Crippen molar-refractivity contribution >= 4 is 5.97 Å². The molecular formula is C13H16O9. The van der Waals surface area contributed by atoms with Gasteiger partial charge in [0, 0.05) is 6.42 Å². The van der Waals surface area contributed by atoms with E-state index in [1.807, 2.05) is 0 Å². The number of aromatic hydroxyl groups is 3. The third kappa shape index (κ3) is 2.92. The van der Waals surface area contributed by atoms with Gasteiger partial charge in [-0.3, -0.25) is 0 Å². The number of esters is 1. The largest absolute Gasteiger partial charge is 0.504 e. The second-order valence-corrected chi connectivity index (χ2v) is 5.08. The summed E-state index contributed by atoms with van der Waals surface area (Å²) >= 11 is 0. The molecular weight excluding hydrogens is 300 g/mol. The molecule has 2 rings (SSSR count). The molecule has 1 aromatic carbocycles. The van der Waals surface area contributed by atoms with Gasteiger partial charge in [-0.2, -0.15) is 0 Å². The Labute approximate surface area is 124 Å². The van der Waals surface area contributed by atoms with E-state index in [2.05, 4.69) is 0 Å². The van der Waals surface area contributed by atoms with E-state index in [0.717, 1.165) is 12.1 Å². The van der Waals surface area contributed by atoms with Crippen molar-refractivity contribution < 1.29 is 45.3 Å². The Morgan fingerprint density at radius 2 is 1.50 bits per heavy atom. The molecule has 0 aromatic heterocycles. The minimum absolute atomic E-state index is 0.304. The van der Waals surface area contributed by atoms with Gasteiger partial charge in [-0.1, -0.05) is 0 Å². The van der Waals surface area contributed by atoms with Gasteiger partial charge in [-0.05, 0) is 12.1 Å². The van der Waals surface area contributed by atoms with Crippen LogP contribution in [0.5, 0.6) is 17.2 Å². The number of hydrogen-bond donors (Lipinski definition) is 7. The number of aliphatic hydroxyl groups excluding tert-OH is 4. The van der Waals surface area contributed by atoms with E-state index in [0.29, 0.717) is 0 Å². The lowest BCUT2D eigenvalue weighted by molar-refractivity contribution is -0.177. The van der Waals surface area contributed by atoms with Crippen molar-refractivity contribution in [1.82, 2.24) is 0 Å². The second kappa shape index (κ2) is 5.97. The second-order valence-electron chi connectivity index (χ2n) is 5.08. The Kier molecular flexibility index (Phi) is 4.42. The zero-order chi connectivity index (χ0) is 16.6. The normalized spacial score (nSPS) is 31.7. The third-order valence-corrected chi connectivity index (χ3v) is 3.51. The van der Waals surface area contributed by atoms with E-state index >= 15 is 0 Å². The van der Waals surface area contributed by atoms with Crippen LogP contribution < -0.4 is 0 Å². The van der Waals surface area contributed by atoms with Crippen LogP contribution >= 0.6 is 0 Å². The fraction of sp³-hybridized carbons (Fsp3) is 0.462. The number of aliphatic hydroxyl groups is 4. The molecule has 1 aliphatic carbocycles. The molecule has 0 spiro atoms. The van der Waals surface area contributed by atoms with Crippen LogP contribution in [0.1, 0.15) is 16.8 Å². The zero-order valence-corrected chi connectivity index (χ0v) is 11.2. The van der Waals surface area contributed by atoms with Crippen molar-refractivity contribution in [2.24, 2.45) is 0 Å². The first kappa shape index (κ1) is 16.3. The Morgan fingerprint density at radius 3 is 2.05 bits per heavy atom. The number of phenols is 3. The van der Waals surface area contributed by atoms with Gasteiger partial charge in [0.05, 0.1) is 11.7 Å². The van der Waals surface area contributed by atoms with E-state index in [1.54, 1.807) is 0 Å². The maximum absolute atomic E-state index is 11.9. The van der Waals surface area contributed by atoms with E-state index < -0.39 is 53.7 Å². The SMILES string of the molecule is O=C(O[C@@H]1C[C@H](O)[C@@H](O)[C@H](O)[C@H]1O)c1cc(O)c(O)c(O)c1. The van der Waals surface area contributed by atoms with Gasteiger partial charge in [0.2, 0.25) is 0 Å². The predicted octanol–water partition coefficient (Wildman–Crippen LogP) is -1.82. The van der Waals surface area contributed by atoms with Crippen LogP contribution in [-0.4, -0.2) is 72.2 Å². The summed E-state index contributed by atoms with van der Waals surface area (Å²) in [5.41, 5.74) is -0.310. The lowest BCUT2D eigenvalue weighted by atomic mass is 9.87. The maximum atomic E-state index is 11.9. The first-order chi connectivity index (χ1) is 10.2. The van der Waals surface area contributed by atoms with Crippen molar-refractivity contribution in [3.05, 3.63) is 17.7 Å². The van der Waals surface area contributed by atoms with Crippen molar-refractivity contribution in [3.8, 4) is 17.2 Å². The van der Waals surface area contributed by atoms with Crippen LogP contribution in [0.25, 0.3) is 0 Å². The highest BCUT2D eigenvalue weighted by Crippen LogP contribution is 2.36. The van der Waals surface area contributed by atoms with Crippen LogP contribution in [0.3, 0.4) is 0 Å². The number of carbonyl (C=O) groups is 1. The molecule has 1 aromatic rings. The molecule has 7 N–H and O–H groups in total. The van der Waals surface area contributed by atoms with Gasteiger partial charge < -0.3 is 40.5 Å². The first-order valence-electron chi connectivity index (χ1n) is 6.40. The summed E-state index contributed by atoms with van der Waals surface area (Å²) in [5, 5.41) is 66.0. The number of carbonyl (C=O) groups excluding carboxylic acids is 1. The van der Waals surface area contributed by atoms with E-state index in [4.69, 9.17) is 4.74 Å². The van der Waals surface area contributed by atoms with Crippen molar-refractivity contribution in [2.45, 2.75) is 36.9 Å². The quantitative estimate of drug-likeness (QED) is 0.245. The summed E-state index contributed by atoms with van der Waals surface area (Å²) in [6.07, 6.45) is -7.85. The van der Waals surface area contributed by atoms with Gasteiger partial charge >= 0.3 is 5.97 Å². The van der Waals surface area contributed by atoms with Crippen molar-refractivity contribution in [2.75, 3.05) is 0 Å². The molecule has 1 fully saturated rings. The molecule has 22 heavy (non-hydrogen) atoms. The minimum Gasteiger partial charge on any atom is -0.504 e. The van der Waals surface area contributed by atoms with Gasteiger partial charge in [-0.25, -0.2) is 4.79 Å². The molecule has 0 saturated heterocycles. The number of hydrogen-bond acceptors (Lipinski definition) is 9. The van der Waals surface area contributed by atoms with Gasteiger partial charge in [0.25, 0.3) is 0 Å². The highest BCUT2D eigenvalue weighted by molar-refractivity contribution is 5.91. The van der Waals surface area contributed by atoms with Crippen LogP contribution in [0.4, 0.5) is 0 Å². The highest BCUT2D eigenvalue weighted by atomic mass is 16.6. The van der Waals surface area contributed by atoms with Crippen LogP contribution in [-0.2, 0) is 4.74 Å². The van der Waals surface area contributed by atoms with Gasteiger partial charge in [0.1, 0.15) is 24.4 Å². The topological polar surface area (TPSA) is 168 Å². The maximum Gasteiger partial charge on any atom is 0.338 e. The molecule has 0 bridgehead atoms. The molecule has 9 nitrogen and oxygen atoms in total. The average molecular weight is 316 g/mol. The summed E-state index contributed by atoms with van der Waals surface area (Å²) in [4.78, 5) is 11.9. The molecule has 122 valence electrons. The Hall–Kier alpha value is -2.07. The molecule has 1 saturated carbocycles. The average Bonchev–Trinajstić information content (AvgIpc) is 2.47. The van der Waals surface area contributed by atoms with E-state index in [9.17, 15) is 40.5 Å². The monoisotopic (exact) mass is 316 g/mol. The minimum atomic E-state index is -1.69. The molecule has 0 unspecified atom stereocenters. The molecule has 0 radical (unpaired) electrons. The summed E-state index contributed by atoms with van der Waals surface area (Å²) < 4.78 is 4.90. The summed E-state index contributed by atoms with van der Waals surface area (Å²) in [7, 11) is 0. The summed E-state index contributed by atoms with van der Waals surface area (Å²) in [5.74, 6) is -3.35. The standard InChI is InChI=1S/C13H16O9/c14-5-1-4(2-6(15)9(5)17)13(21)22-8-3-7(16)10(18)12(20)11(8)19/h1-2,7-8,10-12,14-20H,3H2/t7-,8+,10+,11-,12-/m0/s1. The lowest BCUT2D eigenvalue weighted by Gasteiger charge is -2.37. The van der Waals surface area contributed by atoms with E-state index in [-0.39, 0.29) is 12.0 Å².